The van der Waals surface area contributed by atoms with Gasteiger partial charge in [0.1, 0.15) is 0 Å². The lowest BCUT2D eigenvalue weighted by molar-refractivity contribution is 0.257. The maximum atomic E-state index is 4.96. The van der Waals surface area contributed by atoms with Crippen molar-refractivity contribution < 1.29 is 0 Å². The molecule has 4 heteroatoms. The molecule has 1 aromatic heterocycles. The minimum Gasteiger partial charge on any atom is -0.310 e. The SMILES string of the molecule is CC(Cc1nc2cc([C@H]3CC[C@H](C)CN3)ccc2s1)N1CCCC1. The minimum absolute atomic E-state index is 0.513. The maximum Gasteiger partial charge on any atom is 0.0954 e. The summed E-state index contributed by atoms with van der Waals surface area (Å²) in [5, 5.41) is 4.99. The fourth-order valence-corrected chi connectivity index (χ4v) is 5.21. The Morgan fingerprint density at radius 2 is 2.12 bits per heavy atom. The summed E-state index contributed by atoms with van der Waals surface area (Å²) in [7, 11) is 0. The number of piperidine rings is 1. The molecule has 0 aliphatic carbocycles. The number of hydrogen-bond acceptors (Lipinski definition) is 4. The molecule has 2 fully saturated rings. The second-order valence-electron chi connectivity index (χ2n) is 7.77. The molecule has 1 aromatic carbocycles. The summed E-state index contributed by atoms with van der Waals surface area (Å²) in [5.41, 5.74) is 2.61. The number of aromatic nitrogens is 1. The van der Waals surface area contributed by atoms with Gasteiger partial charge in [-0.05, 0) is 75.9 Å². The number of benzene rings is 1. The fraction of sp³-hybridized carbons (Fsp3) is 0.650. The van der Waals surface area contributed by atoms with Crippen LogP contribution in [0.3, 0.4) is 0 Å². The summed E-state index contributed by atoms with van der Waals surface area (Å²) >= 11 is 1.88. The monoisotopic (exact) mass is 343 g/mol. The minimum atomic E-state index is 0.513. The van der Waals surface area contributed by atoms with Crippen LogP contribution in [-0.2, 0) is 6.42 Å². The van der Waals surface area contributed by atoms with Crippen LogP contribution < -0.4 is 5.32 Å². The van der Waals surface area contributed by atoms with Gasteiger partial charge < -0.3 is 10.2 Å². The number of nitrogens with zero attached hydrogens (tertiary/aromatic N) is 2. The van der Waals surface area contributed by atoms with Gasteiger partial charge in [0, 0.05) is 18.5 Å². The van der Waals surface area contributed by atoms with Crippen LogP contribution in [-0.4, -0.2) is 35.6 Å². The molecular weight excluding hydrogens is 314 g/mol. The van der Waals surface area contributed by atoms with E-state index < -0.39 is 0 Å². The number of hydrogen-bond donors (Lipinski definition) is 1. The summed E-state index contributed by atoms with van der Waals surface area (Å²) in [4.78, 5) is 7.57. The van der Waals surface area contributed by atoms with Gasteiger partial charge in [-0.15, -0.1) is 11.3 Å². The lowest BCUT2D eigenvalue weighted by Crippen LogP contribution is -2.31. The molecule has 24 heavy (non-hydrogen) atoms. The number of nitrogens with one attached hydrogen (secondary N) is 1. The number of thiazole rings is 1. The van der Waals surface area contributed by atoms with Crippen molar-refractivity contribution in [1.29, 1.82) is 0 Å². The highest BCUT2D eigenvalue weighted by atomic mass is 32.1. The van der Waals surface area contributed by atoms with Gasteiger partial charge in [-0.2, -0.15) is 0 Å². The van der Waals surface area contributed by atoms with E-state index in [0.29, 0.717) is 12.1 Å². The molecule has 2 saturated heterocycles. The van der Waals surface area contributed by atoms with Crippen LogP contribution in [0.1, 0.15) is 56.1 Å². The van der Waals surface area contributed by atoms with E-state index in [0.717, 1.165) is 18.9 Å². The van der Waals surface area contributed by atoms with E-state index in [-0.39, 0.29) is 0 Å². The Bertz CT molecular complexity index is 681. The van der Waals surface area contributed by atoms with Crippen LogP contribution in [0.2, 0.25) is 0 Å². The lowest BCUT2D eigenvalue weighted by Gasteiger charge is -2.28. The average Bonchev–Trinajstić information content (AvgIpc) is 3.24. The van der Waals surface area contributed by atoms with Crippen molar-refractivity contribution in [3.05, 3.63) is 28.8 Å². The summed E-state index contributed by atoms with van der Waals surface area (Å²) in [6.07, 6.45) is 6.38. The van der Waals surface area contributed by atoms with Gasteiger partial charge in [-0.25, -0.2) is 4.98 Å². The Hall–Kier alpha value is -0.970. The second kappa shape index (κ2) is 7.11. The van der Waals surface area contributed by atoms with E-state index >= 15 is 0 Å². The highest BCUT2D eigenvalue weighted by molar-refractivity contribution is 7.18. The molecular formula is C20H29N3S. The predicted molar refractivity (Wildman–Crippen MR) is 103 cm³/mol. The Kier molecular flexibility index (Phi) is 4.88. The van der Waals surface area contributed by atoms with E-state index in [4.69, 9.17) is 4.98 Å². The summed E-state index contributed by atoms with van der Waals surface area (Å²) < 4.78 is 1.34. The van der Waals surface area contributed by atoms with Gasteiger partial charge in [-0.1, -0.05) is 13.0 Å². The smallest absolute Gasteiger partial charge is 0.0954 e. The summed E-state index contributed by atoms with van der Waals surface area (Å²) in [6, 6.07) is 8.05. The first kappa shape index (κ1) is 16.5. The molecule has 3 heterocycles. The first-order chi connectivity index (χ1) is 11.7. The van der Waals surface area contributed by atoms with Crippen LogP contribution >= 0.6 is 11.3 Å². The largest absolute Gasteiger partial charge is 0.310 e. The Morgan fingerprint density at radius 3 is 2.88 bits per heavy atom. The molecule has 1 N–H and O–H groups in total. The van der Waals surface area contributed by atoms with Gasteiger partial charge in [0.05, 0.1) is 15.2 Å². The third-order valence-corrected chi connectivity index (χ3v) is 6.81. The molecule has 130 valence electrons. The van der Waals surface area contributed by atoms with E-state index in [1.807, 2.05) is 11.3 Å². The van der Waals surface area contributed by atoms with Crippen molar-refractivity contribution in [2.75, 3.05) is 19.6 Å². The molecule has 1 unspecified atom stereocenters. The standard InChI is InChI=1S/C20H29N3S/c1-14-5-7-17(21-13-14)16-6-8-19-18(12-16)22-20(24-19)11-15(2)23-9-3-4-10-23/h6,8,12,14-15,17,21H,3-5,7,9-11,13H2,1-2H3/t14-,15?,17+/m0/s1. The topological polar surface area (TPSA) is 28.2 Å². The van der Waals surface area contributed by atoms with Crippen LogP contribution in [0.25, 0.3) is 10.2 Å². The van der Waals surface area contributed by atoms with Gasteiger partial charge in [-0.3, -0.25) is 0 Å². The molecule has 2 aliphatic rings. The predicted octanol–water partition coefficient (Wildman–Crippen LogP) is 4.38. The zero-order valence-corrected chi connectivity index (χ0v) is 15.7. The molecule has 2 aromatic rings. The van der Waals surface area contributed by atoms with Crippen LogP contribution in [0.4, 0.5) is 0 Å². The van der Waals surface area contributed by atoms with Gasteiger partial charge in [0.2, 0.25) is 0 Å². The van der Waals surface area contributed by atoms with Crippen molar-refractivity contribution >= 4 is 21.6 Å². The van der Waals surface area contributed by atoms with E-state index in [2.05, 4.69) is 42.3 Å². The fourth-order valence-electron chi connectivity index (χ4n) is 4.14. The van der Waals surface area contributed by atoms with E-state index in [1.54, 1.807) is 0 Å². The van der Waals surface area contributed by atoms with Crippen LogP contribution in [0.15, 0.2) is 18.2 Å². The quantitative estimate of drug-likeness (QED) is 0.893. The zero-order chi connectivity index (χ0) is 16.5. The van der Waals surface area contributed by atoms with Crippen molar-refractivity contribution in [2.24, 2.45) is 5.92 Å². The molecule has 3 nitrogen and oxygen atoms in total. The molecule has 4 rings (SSSR count). The van der Waals surface area contributed by atoms with Gasteiger partial charge in [0.15, 0.2) is 0 Å². The third-order valence-electron chi connectivity index (χ3n) is 5.75. The first-order valence-corrected chi connectivity index (χ1v) is 10.4. The molecule has 0 saturated carbocycles. The number of fused-ring (bicyclic) bond motifs is 1. The van der Waals surface area contributed by atoms with Crippen molar-refractivity contribution in [3.63, 3.8) is 0 Å². The number of likely N-dealkylation sites (tertiary alicyclic amines) is 1. The molecule has 3 atom stereocenters. The molecule has 0 bridgehead atoms. The lowest BCUT2D eigenvalue weighted by atomic mass is 9.92. The van der Waals surface area contributed by atoms with Crippen LogP contribution in [0, 0.1) is 5.92 Å². The number of rotatable bonds is 4. The normalized spacial score (nSPS) is 26.9. The van der Waals surface area contributed by atoms with Gasteiger partial charge >= 0.3 is 0 Å². The zero-order valence-electron chi connectivity index (χ0n) is 14.9. The molecule has 2 aliphatic heterocycles. The molecule has 0 amide bonds. The Labute approximate surface area is 149 Å². The summed E-state index contributed by atoms with van der Waals surface area (Å²) in [5.74, 6) is 0.808. The Balaban J connectivity index is 1.48. The average molecular weight is 344 g/mol. The molecule has 0 spiro atoms. The van der Waals surface area contributed by atoms with Crippen LogP contribution in [0.5, 0.6) is 0 Å². The van der Waals surface area contributed by atoms with E-state index in [1.165, 1.54) is 59.6 Å². The second-order valence-corrected chi connectivity index (χ2v) is 8.89. The maximum absolute atomic E-state index is 4.96. The van der Waals surface area contributed by atoms with Gasteiger partial charge in [0.25, 0.3) is 0 Å². The Morgan fingerprint density at radius 1 is 1.29 bits per heavy atom. The molecule has 0 radical (unpaired) electrons. The van der Waals surface area contributed by atoms with Crippen molar-refractivity contribution in [3.8, 4) is 0 Å². The summed E-state index contributed by atoms with van der Waals surface area (Å²) in [6.45, 7) is 8.36. The van der Waals surface area contributed by atoms with E-state index in [9.17, 15) is 0 Å². The highest BCUT2D eigenvalue weighted by Gasteiger charge is 2.21. The highest BCUT2D eigenvalue weighted by Crippen LogP contribution is 2.30. The van der Waals surface area contributed by atoms with Crippen molar-refractivity contribution in [2.45, 2.75) is 58.0 Å². The first-order valence-electron chi connectivity index (χ1n) is 9.56. The third kappa shape index (κ3) is 3.51. The van der Waals surface area contributed by atoms with Crippen molar-refractivity contribution in [1.82, 2.24) is 15.2 Å².